The minimum absolute atomic E-state index is 0.299. The molecule has 1 unspecified atom stereocenters. The lowest BCUT2D eigenvalue weighted by Gasteiger charge is -2.17. The maximum Gasteiger partial charge on any atom is 0.138 e. The summed E-state index contributed by atoms with van der Waals surface area (Å²) in [5.74, 6) is -0.137. The second-order valence-electron chi connectivity index (χ2n) is 4.20. The van der Waals surface area contributed by atoms with Gasteiger partial charge in [0.2, 0.25) is 0 Å². The van der Waals surface area contributed by atoms with Crippen molar-refractivity contribution in [3.05, 3.63) is 47.5 Å². The maximum absolute atomic E-state index is 13.8. The lowest BCUT2D eigenvalue weighted by molar-refractivity contribution is 0.498. The Morgan fingerprint density at radius 3 is 2.84 bits per heavy atom. The number of hydrogen-bond acceptors (Lipinski definition) is 3. The first-order valence-corrected chi connectivity index (χ1v) is 6.14. The third-order valence-corrected chi connectivity index (χ3v) is 3.06. The SMILES string of the molecule is CCn1ncnc1CC(NC)c1cc(F)ccc1F. The molecule has 2 rings (SSSR count). The normalized spacial score (nSPS) is 12.6. The van der Waals surface area contributed by atoms with Gasteiger partial charge in [-0.15, -0.1) is 0 Å². The lowest BCUT2D eigenvalue weighted by atomic mass is 10.0. The van der Waals surface area contributed by atoms with Crippen molar-refractivity contribution < 1.29 is 8.78 Å². The minimum atomic E-state index is -0.450. The molecule has 1 heterocycles. The number of likely N-dealkylation sites (N-methyl/N-ethyl adjacent to an activating group) is 1. The van der Waals surface area contributed by atoms with E-state index in [1.807, 2.05) is 6.92 Å². The van der Waals surface area contributed by atoms with Gasteiger partial charge in [-0.2, -0.15) is 5.10 Å². The third kappa shape index (κ3) is 2.96. The zero-order valence-electron chi connectivity index (χ0n) is 10.9. The molecule has 0 fully saturated rings. The van der Waals surface area contributed by atoms with Crippen molar-refractivity contribution in [3.63, 3.8) is 0 Å². The molecule has 102 valence electrons. The monoisotopic (exact) mass is 266 g/mol. The molecule has 0 spiro atoms. The summed E-state index contributed by atoms with van der Waals surface area (Å²) in [6.45, 7) is 2.65. The van der Waals surface area contributed by atoms with Gasteiger partial charge in [-0.1, -0.05) is 0 Å². The van der Waals surface area contributed by atoms with Crippen molar-refractivity contribution in [1.82, 2.24) is 20.1 Å². The Balaban J connectivity index is 2.27. The Morgan fingerprint density at radius 2 is 2.16 bits per heavy atom. The van der Waals surface area contributed by atoms with E-state index in [0.717, 1.165) is 18.0 Å². The molecular weight excluding hydrogens is 250 g/mol. The zero-order valence-corrected chi connectivity index (χ0v) is 10.9. The van der Waals surface area contributed by atoms with Gasteiger partial charge in [-0.25, -0.2) is 13.8 Å². The predicted octanol–water partition coefficient (Wildman–Crippen LogP) is 2.08. The molecule has 4 nitrogen and oxygen atoms in total. The number of nitrogens with one attached hydrogen (secondary N) is 1. The molecule has 1 atom stereocenters. The number of aromatic nitrogens is 3. The molecule has 0 saturated heterocycles. The average molecular weight is 266 g/mol. The van der Waals surface area contributed by atoms with Gasteiger partial charge in [-0.05, 0) is 32.2 Å². The largest absolute Gasteiger partial charge is 0.313 e. The third-order valence-electron chi connectivity index (χ3n) is 3.06. The molecule has 1 aromatic heterocycles. The molecule has 0 aliphatic carbocycles. The van der Waals surface area contributed by atoms with Crippen molar-refractivity contribution in [3.8, 4) is 0 Å². The van der Waals surface area contributed by atoms with Crippen LogP contribution in [0.15, 0.2) is 24.5 Å². The van der Waals surface area contributed by atoms with Crippen LogP contribution in [0.1, 0.15) is 24.4 Å². The molecule has 0 radical (unpaired) electrons. The van der Waals surface area contributed by atoms with Gasteiger partial charge in [0.15, 0.2) is 0 Å². The van der Waals surface area contributed by atoms with E-state index in [0.29, 0.717) is 18.5 Å². The fourth-order valence-corrected chi connectivity index (χ4v) is 2.04. The minimum Gasteiger partial charge on any atom is -0.313 e. The van der Waals surface area contributed by atoms with Crippen LogP contribution in [0.2, 0.25) is 0 Å². The number of benzene rings is 1. The van der Waals surface area contributed by atoms with Crippen LogP contribution >= 0.6 is 0 Å². The summed E-state index contributed by atoms with van der Waals surface area (Å²) in [5, 5.41) is 7.05. The van der Waals surface area contributed by atoms with Crippen molar-refractivity contribution in [2.75, 3.05) is 7.05 Å². The second-order valence-corrected chi connectivity index (χ2v) is 4.20. The molecule has 2 aromatic rings. The molecule has 0 bridgehead atoms. The van der Waals surface area contributed by atoms with Crippen LogP contribution in [-0.4, -0.2) is 21.8 Å². The van der Waals surface area contributed by atoms with E-state index < -0.39 is 11.6 Å². The summed E-state index contributed by atoms with van der Waals surface area (Å²) in [6.07, 6.45) is 1.91. The summed E-state index contributed by atoms with van der Waals surface area (Å²) >= 11 is 0. The van der Waals surface area contributed by atoms with Crippen LogP contribution in [0.3, 0.4) is 0 Å². The topological polar surface area (TPSA) is 42.7 Å². The van der Waals surface area contributed by atoms with Crippen LogP contribution in [-0.2, 0) is 13.0 Å². The molecule has 19 heavy (non-hydrogen) atoms. The Morgan fingerprint density at radius 1 is 1.37 bits per heavy atom. The maximum atomic E-state index is 13.8. The standard InChI is InChI=1S/C13H16F2N4/c1-3-19-13(17-8-18-19)7-12(16-2)10-6-9(14)4-5-11(10)15/h4-6,8,12,16H,3,7H2,1-2H3. The van der Waals surface area contributed by atoms with Gasteiger partial charge in [0, 0.05) is 24.6 Å². The van der Waals surface area contributed by atoms with Crippen molar-refractivity contribution >= 4 is 0 Å². The summed E-state index contributed by atoms with van der Waals surface area (Å²) in [5.41, 5.74) is 0.299. The van der Waals surface area contributed by atoms with Crippen molar-refractivity contribution in [1.29, 1.82) is 0 Å². The van der Waals surface area contributed by atoms with Crippen molar-refractivity contribution in [2.45, 2.75) is 25.9 Å². The highest BCUT2D eigenvalue weighted by molar-refractivity contribution is 5.23. The number of aryl methyl sites for hydroxylation is 1. The van der Waals surface area contributed by atoms with Crippen LogP contribution in [0.25, 0.3) is 0 Å². The van der Waals surface area contributed by atoms with Gasteiger partial charge in [0.05, 0.1) is 0 Å². The highest BCUT2D eigenvalue weighted by atomic mass is 19.1. The smallest absolute Gasteiger partial charge is 0.138 e. The first kappa shape index (κ1) is 13.6. The second kappa shape index (κ2) is 5.88. The van der Waals surface area contributed by atoms with E-state index >= 15 is 0 Å². The zero-order chi connectivity index (χ0) is 13.8. The van der Waals surface area contributed by atoms with E-state index in [4.69, 9.17) is 0 Å². The van der Waals surface area contributed by atoms with Gasteiger partial charge >= 0.3 is 0 Å². The van der Waals surface area contributed by atoms with E-state index in [1.54, 1.807) is 11.7 Å². The van der Waals surface area contributed by atoms with E-state index in [2.05, 4.69) is 15.4 Å². The Labute approximate surface area is 110 Å². The van der Waals surface area contributed by atoms with Crippen LogP contribution < -0.4 is 5.32 Å². The Hall–Kier alpha value is -1.82. The summed E-state index contributed by atoms with van der Waals surface area (Å²) in [4.78, 5) is 4.15. The molecule has 6 heteroatoms. The van der Waals surface area contributed by atoms with Crippen LogP contribution in [0.5, 0.6) is 0 Å². The van der Waals surface area contributed by atoms with Crippen LogP contribution in [0.4, 0.5) is 8.78 Å². The highest BCUT2D eigenvalue weighted by Crippen LogP contribution is 2.21. The Bertz CT molecular complexity index is 553. The molecule has 0 aliphatic heterocycles. The van der Waals surface area contributed by atoms with E-state index in [1.165, 1.54) is 12.4 Å². The number of halogens is 2. The first-order valence-electron chi connectivity index (χ1n) is 6.14. The van der Waals surface area contributed by atoms with Gasteiger partial charge in [-0.3, -0.25) is 4.68 Å². The average Bonchev–Trinajstić information content (AvgIpc) is 2.86. The van der Waals surface area contributed by atoms with Gasteiger partial charge < -0.3 is 5.32 Å². The summed E-state index contributed by atoms with van der Waals surface area (Å²) in [7, 11) is 1.71. The van der Waals surface area contributed by atoms with Crippen molar-refractivity contribution in [2.24, 2.45) is 0 Å². The predicted molar refractivity (Wildman–Crippen MR) is 67.6 cm³/mol. The molecule has 0 aliphatic rings. The highest BCUT2D eigenvalue weighted by Gasteiger charge is 2.18. The first-order chi connectivity index (χ1) is 9.15. The fraction of sp³-hybridized carbons (Fsp3) is 0.385. The summed E-state index contributed by atoms with van der Waals surface area (Å²) < 4.78 is 28.7. The molecule has 1 aromatic carbocycles. The Kier molecular flexibility index (Phi) is 4.21. The van der Waals surface area contributed by atoms with E-state index in [-0.39, 0.29) is 6.04 Å². The molecule has 1 N–H and O–H groups in total. The fourth-order valence-electron chi connectivity index (χ4n) is 2.04. The van der Waals surface area contributed by atoms with Crippen LogP contribution in [0, 0.1) is 11.6 Å². The number of hydrogen-bond donors (Lipinski definition) is 1. The molecule has 0 saturated carbocycles. The molecular formula is C13H16F2N4. The van der Waals surface area contributed by atoms with E-state index in [9.17, 15) is 8.78 Å². The van der Waals surface area contributed by atoms with Gasteiger partial charge in [0.25, 0.3) is 0 Å². The lowest BCUT2D eigenvalue weighted by Crippen LogP contribution is -2.22. The number of rotatable bonds is 5. The number of nitrogens with zero attached hydrogens (tertiary/aromatic N) is 3. The summed E-state index contributed by atoms with van der Waals surface area (Å²) in [6, 6.07) is 3.12. The quantitative estimate of drug-likeness (QED) is 0.901. The molecule has 0 amide bonds. The van der Waals surface area contributed by atoms with Gasteiger partial charge in [0.1, 0.15) is 23.8 Å².